The van der Waals surface area contributed by atoms with Crippen LogP contribution in [0.4, 0.5) is 0 Å². The van der Waals surface area contributed by atoms with E-state index >= 15 is 0 Å². The molecule has 0 spiro atoms. The van der Waals surface area contributed by atoms with E-state index in [0.717, 1.165) is 0 Å². The molecule has 0 radical (unpaired) electrons. The molecule has 0 bridgehead atoms. The standard InChI is InChI=1S/C16H14BrClO4/c17-13-10-11(18)6-7-14(13)22-15(16(19)20)8-9-21-12-4-2-1-3-5-12/h1-7,10,15H,8-9H2,(H,19,20)/t15-/m1/s1. The number of aliphatic carboxylic acids is 1. The second kappa shape index (κ2) is 8.06. The molecule has 1 N–H and O–H groups in total. The Kier molecular flexibility index (Phi) is 6.10. The van der Waals surface area contributed by atoms with E-state index in [0.29, 0.717) is 21.0 Å². The monoisotopic (exact) mass is 384 g/mol. The van der Waals surface area contributed by atoms with Gasteiger partial charge in [0, 0.05) is 11.4 Å². The van der Waals surface area contributed by atoms with Crippen LogP contribution >= 0.6 is 27.5 Å². The lowest BCUT2D eigenvalue weighted by atomic mass is 10.2. The van der Waals surface area contributed by atoms with Crippen molar-refractivity contribution in [2.75, 3.05) is 6.61 Å². The van der Waals surface area contributed by atoms with Crippen LogP contribution in [0.25, 0.3) is 0 Å². The number of rotatable bonds is 7. The molecule has 0 aliphatic heterocycles. The highest BCUT2D eigenvalue weighted by atomic mass is 79.9. The molecule has 22 heavy (non-hydrogen) atoms. The van der Waals surface area contributed by atoms with Crippen LogP contribution in [0, 0.1) is 0 Å². The van der Waals surface area contributed by atoms with Crippen molar-refractivity contribution >= 4 is 33.5 Å². The zero-order chi connectivity index (χ0) is 15.9. The van der Waals surface area contributed by atoms with Crippen molar-refractivity contribution in [3.8, 4) is 11.5 Å². The van der Waals surface area contributed by atoms with Crippen molar-refractivity contribution in [2.24, 2.45) is 0 Å². The summed E-state index contributed by atoms with van der Waals surface area (Å²) in [6.45, 7) is 0.242. The maximum absolute atomic E-state index is 11.3. The van der Waals surface area contributed by atoms with Gasteiger partial charge in [0.1, 0.15) is 11.5 Å². The molecule has 0 aromatic heterocycles. The number of carboxylic acids is 1. The van der Waals surface area contributed by atoms with Gasteiger partial charge in [0.2, 0.25) is 0 Å². The zero-order valence-corrected chi connectivity index (χ0v) is 13.9. The summed E-state index contributed by atoms with van der Waals surface area (Å²) >= 11 is 9.14. The number of hydrogen-bond donors (Lipinski definition) is 1. The van der Waals surface area contributed by atoms with Gasteiger partial charge in [-0.05, 0) is 46.3 Å². The minimum Gasteiger partial charge on any atom is -0.493 e. The van der Waals surface area contributed by atoms with Crippen LogP contribution in [0.1, 0.15) is 6.42 Å². The fourth-order valence-corrected chi connectivity index (χ4v) is 2.53. The van der Waals surface area contributed by atoms with E-state index in [-0.39, 0.29) is 13.0 Å². The molecule has 2 aromatic rings. The molecule has 0 saturated heterocycles. The molecule has 0 amide bonds. The molecular formula is C16H14BrClO4. The van der Waals surface area contributed by atoms with Gasteiger partial charge in [-0.1, -0.05) is 29.8 Å². The van der Waals surface area contributed by atoms with E-state index in [4.69, 9.17) is 21.1 Å². The topological polar surface area (TPSA) is 55.8 Å². The second-order valence-electron chi connectivity index (χ2n) is 4.47. The Balaban J connectivity index is 1.94. The zero-order valence-electron chi connectivity index (χ0n) is 11.5. The number of ether oxygens (including phenoxy) is 2. The van der Waals surface area contributed by atoms with E-state index in [1.165, 1.54) is 0 Å². The lowest BCUT2D eigenvalue weighted by Crippen LogP contribution is -2.29. The van der Waals surface area contributed by atoms with E-state index < -0.39 is 12.1 Å². The summed E-state index contributed by atoms with van der Waals surface area (Å²) in [5, 5.41) is 9.80. The fourth-order valence-electron chi connectivity index (χ4n) is 1.76. The average molecular weight is 386 g/mol. The molecule has 0 fully saturated rings. The van der Waals surface area contributed by atoms with E-state index in [1.54, 1.807) is 18.2 Å². The van der Waals surface area contributed by atoms with Crippen molar-refractivity contribution < 1.29 is 19.4 Å². The highest BCUT2D eigenvalue weighted by Crippen LogP contribution is 2.29. The Morgan fingerprint density at radius 3 is 2.59 bits per heavy atom. The van der Waals surface area contributed by atoms with Gasteiger partial charge in [-0.2, -0.15) is 0 Å². The van der Waals surface area contributed by atoms with Crippen LogP contribution in [0.3, 0.4) is 0 Å². The lowest BCUT2D eigenvalue weighted by Gasteiger charge is -2.16. The number of hydrogen-bond acceptors (Lipinski definition) is 3. The average Bonchev–Trinajstić information content (AvgIpc) is 2.49. The molecular weight excluding hydrogens is 372 g/mol. The van der Waals surface area contributed by atoms with Gasteiger partial charge < -0.3 is 14.6 Å². The Bertz CT molecular complexity index is 633. The molecule has 1 atom stereocenters. The SMILES string of the molecule is O=C(O)[C@@H](CCOc1ccccc1)Oc1ccc(Cl)cc1Br. The summed E-state index contributed by atoms with van der Waals surface area (Å²) in [5.41, 5.74) is 0. The third kappa shape index (κ3) is 4.93. The van der Waals surface area contributed by atoms with Crippen molar-refractivity contribution in [3.05, 3.63) is 58.0 Å². The van der Waals surface area contributed by atoms with Crippen molar-refractivity contribution in [1.82, 2.24) is 0 Å². The lowest BCUT2D eigenvalue weighted by molar-refractivity contribution is -0.145. The number of carboxylic acid groups (broad SMARTS) is 1. The van der Waals surface area contributed by atoms with Crippen molar-refractivity contribution in [3.63, 3.8) is 0 Å². The van der Waals surface area contributed by atoms with Crippen LogP contribution in [-0.4, -0.2) is 23.8 Å². The molecule has 116 valence electrons. The minimum atomic E-state index is -1.04. The molecule has 0 unspecified atom stereocenters. The molecule has 0 heterocycles. The van der Waals surface area contributed by atoms with Crippen LogP contribution in [0.15, 0.2) is 53.0 Å². The first-order valence-corrected chi connectivity index (χ1v) is 7.75. The summed E-state index contributed by atoms with van der Waals surface area (Å²) < 4.78 is 11.6. The number of halogens is 2. The summed E-state index contributed by atoms with van der Waals surface area (Å²) in [6.07, 6.45) is -0.777. The quantitative estimate of drug-likeness (QED) is 0.767. The Morgan fingerprint density at radius 1 is 1.23 bits per heavy atom. The maximum Gasteiger partial charge on any atom is 0.345 e. The van der Waals surface area contributed by atoms with Crippen LogP contribution in [0.5, 0.6) is 11.5 Å². The van der Waals surface area contributed by atoms with Gasteiger partial charge in [-0.25, -0.2) is 4.79 Å². The number of benzene rings is 2. The van der Waals surface area contributed by atoms with E-state index in [2.05, 4.69) is 15.9 Å². The van der Waals surface area contributed by atoms with Gasteiger partial charge in [-0.15, -0.1) is 0 Å². The third-order valence-corrected chi connectivity index (χ3v) is 3.69. The molecule has 4 nitrogen and oxygen atoms in total. The van der Waals surface area contributed by atoms with Crippen LogP contribution in [0.2, 0.25) is 5.02 Å². The first-order chi connectivity index (χ1) is 10.6. The first kappa shape index (κ1) is 16.6. The number of para-hydroxylation sites is 1. The van der Waals surface area contributed by atoms with Gasteiger partial charge in [0.05, 0.1) is 11.1 Å². The first-order valence-electron chi connectivity index (χ1n) is 6.58. The van der Waals surface area contributed by atoms with Crippen molar-refractivity contribution in [1.29, 1.82) is 0 Å². The molecule has 2 aromatic carbocycles. The fraction of sp³-hybridized carbons (Fsp3) is 0.188. The van der Waals surface area contributed by atoms with Gasteiger partial charge in [-0.3, -0.25) is 0 Å². The van der Waals surface area contributed by atoms with E-state index in [9.17, 15) is 9.90 Å². The van der Waals surface area contributed by atoms with Crippen LogP contribution < -0.4 is 9.47 Å². The Morgan fingerprint density at radius 2 is 1.95 bits per heavy atom. The summed E-state index contributed by atoms with van der Waals surface area (Å²) in [7, 11) is 0. The summed E-state index contributed by atoms with van der Waals surface area (Å²) in [4.78, 5) is 11.3. The Hall–Kier alpha value is -1.72. The summed E-state index contributed by atoms with van der Waals surface area (Å²) in [5.74, 6) is 0.0781. The second-order valence-corrected chi connectivity index (χ2v) is 5.76. The molecule has 0 aliphatic rings. The van der Waals surface area contributed by atoms with Gasteiger partial charge in [0.25, 0.3) is 0 Å². The molecule has 0 aliphatic carbocycles. The predicted molar refractivity (Wildman–Crippen MR) is 87.8 cm³/mol. The highest BCUT2D eigenvalue weighted by molar-refractivity contribution is 9.10. The Labute approximate surface area is 141 Å². The van der Waals surface area contributed by atoms with E-state index in [1.807, 2.05) is 30.3 Å². The maximum atomic E-state index is 11.3. The van der Waals surface area contributed by atoms with Gasteiger partial charge in [0.15, 0.2) is 6.10 Å². The smallest absolute Gasteiger partial charge is 0.345 e. The third-order valence-electron chi connectivity index (χ3n) is 2.83. The normalized spacial score (nSPS) is 11.7. The minimum absolute atomic E-state index is 0.222. The summed E-state index contributed by atoms with van der Waals surface area (Å²) in [6, 6.07) is 14.1. The molecule has 0 saturated carbocycles. The highest BCUT2D eigenvalue weighted by Gasteiger charge is 2.20. The number of carbonyl (C=O) groups is 1. The van der Waals surface area contributed by atoms with Crippen molar-refractivity contribution in [2.45, 2.75) is 12.5 Å². The largest absolute Gasteiger partial charge is 0.493 e. The van der Waals surface area contributed by atoms with Gasteiger partial charge >= 0.3 is 5.97 Å². The molecule has 6 heteroatoms. The molecule has 2 rings (SSSR count). The van der Waals surface area contributed by atoms with Crippen LogP contribution in [-0.2, 0) is 4.79 Å². The predicted octanol–water partition coefficient (Wildman–Crippen LogP) is 4.40.